The Morgan fingerprint density at radius 3 is 1.83 bits per heavy atom. The Bertz CT molecular complexity index is 3540. The first kappa shape index (κ1) is 27.6. The normalized spacial score (nSPS) is 12.5. The predicted molar refractivity (Wildman–Crippen MR) is 222 cm³/mol. The molecule has 0 fully saturated rings. The van der Waals surface area contributed by atoms with Crippen molar-refractivity contribution in [1.82, 2.24) is 9.13 Å². The fourth-order valence-electron chi connectivity index (χ4n) is 9.74. The van der Waals surface area contributed by atoms with Gasteiger partial charge in [-0.05, 0) is 75.5 Å². The summed E-state index contributed by atoms with van der Waals surface area (Å²) in [5, 5.41) is 12.2. The third-order valence-corrected chi connectivity index (χ3v) is 11.8. The Morgan fingerprint density at radius 2 is 0.925 bits per heavy atom. The maximum absolute atomic E-state index is 6.55. The van der Waals surface area contributed by atoms with Gasteiger partial charge in [-0.25, -0.2) is 0 Å². The van der Waals surface area contributed by atoms with E-state index in [1.165, 1.54) is 93.1 Å². The summed E-state index contributed by atoms with van der Waals surface area (Å²) >= 11 is 0. The summed E-state index contributed by atoms with van der Waals surface area (Å²) < 4.78 is 11.6. The molecular weight excluding hydrogens is 645 g/mol. The van der Waals surface area contributed by atoms with E-state index in [9.17, 15) is 0 Å². The van der Waals surface area contributed by atoms with Crippen molar-refractivity contribution in [2.24, 2.45) is 0 Å². The molecule has 3 heteroatoms. The molecule has 0 spiro atoms. The van der Waals surface area contributed by atoms with Crippen LogP contribution in [0.2, 0.25) is 0 Å². The van der Waals surface area contributed by atoms with Gasteiger partial charge >= 0.3 is 0 Å². The fourth-order valence-corrected chi connectivity index (χ4v) is 9.74. The smallest absolute Gasteiger partial charge is 0.137 e. The van der Waals surface area contributed by atoms with Crippen molar-refractivity contribution >= 4 is 87.1 Å². The highest BCUT2D eigenvalue weighted by atomic mass is 16.3. The summed E-state index contributed by atoms with van der Waals surface area (Å²) in [5.74, 6) is 0. The van der Waals surface area contributed by atoms with Gasteiger partial charge in [0.1, 0.15) is 11.2 Å². The fraction of sp³-hybridized carbons (Fsp3) is 0. The molecule has 0 radical (unpaired) electrons. The molecule has 0 unspecified atom stereocenters. The third kappa shape index (κ3) is 3.40. The van der Waals surface area contributed by atoms with Crippen molar-refractivity contribution in [3.05, 3.63) is 170 Å². The molecule has 1 aliphatic rings. The van der Waals surface area contributed by atoms with Gasteiger partial charge in [0.05, 0.1) is 38.8 Å². The molecule has 3 nitrogen and oxygen atoms in total. The van der Waals surface area contributed by atoms with Gasteiger partial charge in [-0.3, -0.25) is 0 Å². The predicted octanol–water partition coefficient (Wildman–Crippen LogP) is 13.7. The van der Waals surface area contributed by atoms with Crippen LogP contribution < -0.4 is 0 Å². The number of para-hydroxylation sites is 2. The van der Waals surface area contributed by atoms with E-state index in [4.69, 9.17) is 4.42 Å². The van der Waals surface area contributed by atoms with Gasteiger partial charge < -0.3 is 13.6 Å². The maximum atomic E-state index is 6.55. The highest BCUT2D eigenvalue weighted by molar-refractivity contribution is 6.32. The Morgan fingerprint density at radius 1 is 0.302 bits per heavy atom. The van der Waals surface area contributed by atoms with Gasteiger partial charge in [-0.2, -0.15) is 0 Å². The molecule has 9 aromatic carbocycles. The van der Waals surface area contributed by atoms with Crippen LogP contribution in [0.5, 0.6) is 0 Å². The van der Waals surface area contributed by atoms with Crippen LogP contribution >= 0.6 is 0 Å². The number of aromatic nitrogens is 2. The van der Waals surface area contributed by atoms with E-state index in [2.05, 4.69) is 179 Å². The topological polar surface area (TPSA) is 23.0 Å². The average molecular weight is 673 g/mol. The summed E-state index contributed by atoms with van der Waals surface area (Å²) in [7, 11) is 0. The summed E-state index contributed by atoms with van der Waals surface area (Å²) in [5.41, 5.74) is 14.1. The summed E-state index contributed by atoms with van der Waals surface area (Å²) in [6.07, 6.45) is 0. The van der Waals surface area contributed by atoms with Crippen molar-refractivity contribution in [3.63, 3.8) is 0 Å². The molecule has 0 aliphatic heterocycles. The maximum Gasteiger partial charge on any atom is 0.137 e. The molecule has 53 heavy (non-hydrogen) atoms. The van der Waals surface area contributed by atoms with E-state index in [-0.39, 0.29) is 0 Å². The van der Waals surface area contributed by atoms with Crippen LogP contribution in [0.3, 0.4) is 0 Å². The quantitative estimate of drug-likeness (QED) is 0.179. The first-order chi connectivity index (χ1) is 26.3. The lowest BCUT2D eigenvalue weighted by atomic mass is 10.0. The van der Waals surface area contributed by atoms with Crippen molar-refractivity contribution in [2.75, 3.05) is 0 Å². The highest BCUT2D eigenvalue weighted by Gasteiger charge is 2.27. The van der Waals surface area contributed by atoms with Crippen LogP contribution in [0.25, 0.3) is 121 Å². The molecule has 244 valence electrons. The van der Waals surface area contributed by atoms with Crippen LogP contribution in [-0.4, -0.2) is 9.13 Å². The van der Waals surface area contributed by atoms with Gasteiger partial charge in [0.25, 0.3) is 0 Å². The molecule has 3 heterocycles. The van der Waals surface area contributed by atoms with Crippen LogP contribution in [0.1, 0.15) is 0 Å². The number of hydrogen-bond acceptors (Lipinski definition) is 1. The molecular formula is C50H28N2O. The zero-order valence-corrected chi connectivity index (χ0v) is 28.5. The largest absolute Gasteiger partial charge is 0.456 e. The highest BCUT2D eigenvalue weighted by Crippen LogP contribution is 2.51. The van der Waals surface area contributed by atoms with Gasteiger partial charge in [-0.1, -0.05) is 127 Å². The Balaban J connectivity index is 1.27. The number of hydrogen-bond donors (Lipinski definition) is 0. The Labute approximate surface area is 303 Å². The molecule has 3 aromatic heterocycles. The number of fused-ring (bicyclic) bond motifs is 15. The van der Waals surface area contributed by atoms with Gasteiger partial charge in [0.2, 0.25) is 0 Å². The zero-order valence-electron chi connectivity index (χ0n) is 28.5. The Kier molecular flexibility index (Phi) is 5.11. The van der Waals surface area contributed by atoms with Gasteiger partial charge in [-0.15, -0.1) is 0 Å². The van der Waals surface area contributed by atoms with E-state index in [0.29, 0.717) is 0 Å². The standard InChI is InChI=1S/C50H28N2O/c1-2-13-30-29(11-1)12-9-21-40(30)52-43-27-24-36-33-16-5-7-20-41(33)51(42-26-23-35-32-15-4-3-14-31(32)34-18-10-19-37(42)46(34)35)49(36)47(43)39-25-28-45-48(50(39)52)38-17-6-8-22-44(38)53-45/h1-28H. The monoisotopic (exact) mass is 672 g/mol. The second kappa shape index (κ2) is 9.81. The minimum absolute atomic E-state index is 0.895. The van der Waals surface area contributed by atoms with Crippen molar-refractivity contribution in [3.8, 4) is 33.6 Å². The number of nitrogens with zero attached hydrogens (tertiary/aromatic N) is 2. The second-order valence-corrected chi connectivity index (χ2v) is 14.4. The zero-order chi connectivity index (χ0) is 34.4. The number of furan rings is 1. The molecule has 0 bridgehead atoms. The van der Waals surface area contributed by atoms with E-state index in [0.717, 1.165) is 27.6 Å². The van der Waals surface area contributed by atoms with Crippen LogP contribution in [0.4, 0.5) is 0 Å². The summed E-state index contributed by atoms with van der Waals surface area (Å²) in [6, 6.07) is 62.2. The lowest BCUT2D eigenvalue weighted by molar-refractivity contribution is 0.669. The molecule has 0 N–H and O–H groups in total. The molecule has 0 amide bonds. The van der Waals surface area contributed by atoms with Gasteiger partial charge in [0.15, 0.2) is 0 Å². The molecule has 0 saturated heterocycles. The van der Waals surface area contributed by atoms with Crippen LogP contribution in [0.15, 0.2) is 174 Å². The van der Waals surface area contributed by atoms with Crippen molar-refractivity contribution in [2.45, 2.75) is 0 Å². The van der Waals surface area contributed by atoms with E-state index >= 15 is 0 Å². The average Bonchev–Trinajstić information content (AvgIpc) is 3.95. The molecule has 12 aromatic rings. The third-order valence-electron chi connectivity index (χ3n) is 11.8. The van der Waals surface area contributed by atoms with Gasteiger partial charge in [0, 0.05) is 37.7 Å². The summed E-state index contributed by atoms with van der Waals surface area (Å²) in [4.78, 5) is 0. The van der Waals surface area contributed by atoms with Crippen molar-refractivity contribution in [1.29, 1.82) is 0 Å². The van der Waals surface area contributed by atoms with E-state index < -0.39 is 0 Å². The Hall–Kier alpha value is -7.10. The van der Waals surface area contributed by atoms with Crippen LogP contribution in [-0.2, 0) is 0 Å². The van der Waals surface area contributed by atoms with E-state index in [1.54, 1.807) is 0 Å². The minimum atomic E-state index is 0.895. The lowest BCUT2D eigenvalue weighted by Gasteiger charge is -2.14. The molecule has 0 atom stereocenters. The lowest BCUT2D eigenvalue weighted by Crippen LogP contribution is -1.97. The van der Waals surface area contributed by atoms with Crippen LogP contribution in [0, 0.1) is 0 Å². The number of benzene rings is 9. The first-order valence-electron chi connectivity index (χ1n) is 18.3. The SMILES string of the molecule is c1ccc2c(c1)-c1cccc3c(-n4c5ccccc5c5ccc6c(c7ccc8oc9ccccc9c8c7n6-c6cccc7ccccc67)c54)ccc-2c13. The number of rotatable bonds is 2. The first-order valence-corrected chi connectivity index (χ1v) is 18.3. The van der Waals surface area contributed by atoms with Crippen molar-refractivity contribution < 1.29 is 4.42 Å². The molecule has 0 saturated carbocycles. The molecule has 1 aliphatic carbocycles. The second-order valence-electron chi connectivity index (χ2n) is 14.4. The molecule has 13 rings (SSSR count). The minimum Gasteiger partial charge on any atom is -0.456 e. The van der Waals surface area contributed by atoms with E-state index in [1.807, 2.05) is 0 Å². The summed E-state index contributed by atoms with van der Waals surface area (Å²) in [6.45, 7) is 0.